The first-order valence-electron chi connectivity index (χ1n) is 5.29. The van der Waals surface area contributed by atoms with Gasteiger partial charge in [0.2, 0.25) is 0 Å². The van der Waals surface area contributed by atoms with Gasteiger partial charge in [-0.25, -0.2) is 13.2 Å². The predicted molar refractivity (Wildman–Crippen MR) is 66.2 cm³/mol. The fraction of sp³-hybridized carbons (Fsp3) is 0.364. The molecule has 0 fully saturated rings. The monoisotopic (exact) mass is 306 g/mol. The van der Waals surface area contributed by atoms with E-state index in [1.807, 2.05) is 0 Å². The highest BCUT2D eigenvalue weighted by molar-refractivity contribution is 7.91. The zero-order chi connectivity index (χ0) is 14.4. The number of benzene rings is 1. The van der Waals surface area contributed by atoms with E-state index in [-0.39, 0.29) is 21.2 Å². The maximum absolute atomic E-state index is 12.0. The molecule has 1 aliphatic heterocycles. The molecule has 2 rings (SSSR count). The van der Waals surface area contributed by atoms with Gasteiger partial charge in [-0.05, 0) is 6.07 Å². The van der Waals surface area contributed by atoms with Crippen molar-refractivity contribution in [2.75, 3.05) is 12.9 Å². The van der Waals surface area contributed by atoms with Gasteiger partial charge in [0, 0.05) is 23.1 Å². The predicted octanol–water partition coefficient (Wildman–Crippen LogP) is 0.798. The van der Waals surface area contributed by atoms with E-state index in [0.717, 1.165) is 6.07 Å². The van der Waals surface area contributed by atoms with Gasteiger partial charge in [0.25, 0.3) is 0 Å². The first-order valence-corrected chi connectivity index (χ1v) is 7.32. The second-order valence-corrected chi connectivity index (χ2v) is 6.70. The van der Waals surface area contributed by atoms with E-state index in [0.29, 0.717) is 0 Å². The third-order valence-electron chi connectivity index (χ3n) is 3.08. The number of methoxy groups -OCH3 is 1. The number of rotatable bonds is 2. The minimum atomic E-state index is -3.71. The molecule has 0 saturated carbocycles. The fourth-order valence-corrected chi connectivity index (χ4v) is 4.08. The number of sulfone groups is 1. The van der Waals surface area contributed by atoms with Gasteiger partial charge >= 0.3 is 5.97 Å². The maximum Gasteiger partial charge on any atom is 0.340 e. The Bertz CT molecular complexity index is 653. The summed E-state index contributed by atoms with van der Waals surface area (Å²) in [4.78, 5) is 10.9. The molecule has 0 bridgehead atoms. The number of hydrogen-bond acceptors (Lipinski definition) is 5. The summed E-state index contributed by atoms with van der Waals surface area (Å²) in [6.45, 7) is 0. The Hall–Kier alpha value is -1.31. The molecule has 6 nitrogen and oxygen atoms in total. The summed E-state index contributed by atoms with van der Waals surface area (Å²) in [5.74, 6) is -2.06. The van der Waals surface area contributed by atoms with E-state index in [1.54, 1.807) is 0 Å². The van der Waals surface area contributed by atoms with Crippen molar-refractivity contribution in [3.8, 4) is 5.75 Å². The van der Waals surface area contributed by atoms with E-state index in [2.05, 4.69) is 0 Å². The van der Waals surface area contributed by atoms with E-state index >= 15 is 0 Å². The SMILES string of the molecule is COc1cc(Cl)cc2c1S(=O)(=O)CCC2(O)C(=O)O. The molecule has 1 unspecified atom stereocenters. The number of aliphatic hydroxyl groups is 1. The highest BCUT2D eigenvalue weighted by Crippen LogP contribution is 2.43. The van der Waals surface area contributed by atoms with Crippen LogP contribution >= 0.6 is 11.6 Å². The summed E-state index contributed by atoms with van der Waals surface area (Å²) < 4.78 is 29.0. The van der Waals surface area contributed by atoms with Gasteiger partial charge in [0.1, 0.15) is 10.6 Å². The number of hydrogen-bond donors (Lipinski definition) is 2. The molecule has 1 heterocycles. The third-order valence-corrected chi connectivity index (χ3v) is 5.09. The molecule has 2 N–H and O–H groups in total. The molecule has 0 saturated heterocycles. The maximum atomic E-state index is 12.0. The molecule has 0 radical (unpaired) electrons. The van der Waals surface area contributed by atoms with E-state index in [9.17, 15) is 18.3 Å². The van der Waals surface area contributed by atoms with Gasteiger partial charge in [0.15, 0.2) is 15.4 Å². The van der Waals surface area contributed by atoms with Crippen LogP contribution < -0.4 is 4.74 Å². The van der Waals surface area contributed by atoms with Crippen LogP contribution in [0.3, 0.4) is 0 Å². The Morgan fingerprint density at radius 2 is 2.11 bits per heavy atom. The van der Waals surface area contributed by atoms with Crippen molar-refractivity contribution in [2.24, 2.45) is 0 Å². The van der Waals surface area contributed by atoms with Crippen LogP contribution in [0.1, 0.15) is 12.0 Å². The number of halogens is 1. The van der Waals surface area contributed by atoms with Crippen molar-refractivity contribution in [2.45, 2.75) is 16.9 Å². The Labute approximate surface area is 114 Å². The van der Waals surface area contributed by atoms with Crippen molar-refractivity contribution in [1.82, 2.24) is 0 Å². The lowest BCUT2D eigenvalue weighted by Gasteiger charge is -2.31. The summed E-state index contributed by atoms with van der Waals surface area (Å²) in [5, 5.41) is 19.4. The number of fused-ring (bicyclic) bond motifs is 1. The van der Waals surface area contributed by atoms with Crippen LogP contribution in [0.5, 0.6) is 5.75 Å². The Balaban J connectivity index is 2.88. The fourth-order valence-electron chi connectivity index (χ4n) is 2.09. The first-order chi connectivity index (χ1) is 8.72. The molecule has 0 aliphatic carbocycles. The molecular formula is C11H11ClO6S. The van der Waals surface area contributed by atoms with Gasteiger partial charge in [-0.1, -0.05) is 11.6 Å². The summed E-state index contributed by atoms with van der Waals surface area (Å²) in [6, 6.07) is 2.41. The number of ether oxygens (including phenoxy) is 1. The summed E-state index contributed by atoms with van der Waals surface area (Å²) >= 11 is 5.81. The topological polar surface area (TPSA) is 101 Å². The molecule has 19 heavy (non-hydrogen) atoms. The van der Waals surface area contributed by atoms with Gasteiger partial charge in [-0.2, -0.15) is 0 Å². The average molecular weight is 307 g/mol. The molecule has 1 atom stereocenters. The van der Waals surface area contributed by atoms with Crippen molar-refractivity contribution in [3.05, 3.63) is 22.7 Å². The van der Waals surface area contributed by atoms with Gasteiger partial charge in [0.05, 0.1) is 12.9 Å². The van der Waals surface area contributed by atoms with Crippen LogP contribution in [0.15, 0.2) is 17.0 Å². The van der Waals surface area contributed by atoms with Crippen LogP contribution in [0.25, 0.3) is 0 Å². The molecule has 104 valence electrons. The normalized spacial score (nSPS) is 24.6. The summed E-state index contributed by atoms with van der Waals surface area (Å²) in [7, 11) is -2.47. The number of carbonyl (C=O) groups is 1. The van der Waals surface area contributed by atoms with Gasteiger partial charge in [-0.15, -0.1) is 0 Å². The number of aliphatic carboxylic acids is 1. The lowest BCUT2D eigenvalue weighted by molar-refractivity contribution is -0.160. The van der Waals surface area contributed by atoms with Crippen molar-refractivity contribution < 1.29 is 28.2 Å². The molecular weight excluding hydrogens is 296 g/mol. The standard InChI is InChI=1S/C11H11ClO6S/c1-18-8-5-6(12)4-7-9(8)19(16,17)3-2-11(7,15)10(13)14/h4-5,15H,2-3H2,1H3,(H,13,14). The first kappa shape index (κ1) is 14.1. The van der Waals surface area contributed by atoms with Crippen LogP contribution in [-0.4, -0.2) is 37.5 Å². The average Bonchev–Trinajstić information content (AvgIpc) is 2.33. The van der Waals surface area contributed by atoms with E-state index < -0.39 is 33.6 Å². The molecule has 8 heteroatoms. The van der Waals surface area contributed by atoms with Crippen molar-refractivity contribution >= 4 is 27.4 Å². The minimum Gasteiger partial charge on any atom is -0.495 e. The zero-order valence-electron chi connectivity index (χ0n) is 9.88. The van der Waals surface area contributed by atoms with Crippen LogP contribution in [0.4, 0.5) is 0 Å². The van der Waals surface area contributed by atoms with E-state index in [1.165, 1.54) is 13.2 Å². The second-order valence-electron chi connectivity index (χ2n) is 4.22. The van der Waals surface area contributed by atoms with Crippen LogP contribution in [0.2, 0.25) is 5.02 Å². The highest BCUT2D eigenvalue weighted by Gasteiger charge is 2.48. The van der Waals surface area contributed by atoms with Crippen LogP contribution in [-0.2, 0) is 20.2 Å². The molecule has 0 spiro atoms. The zero-order valence-corrected chi connectivity index (χ0v) is 11.5. The third kappa shape index (κ3) is 2.07. The largest absolute Gasteiger partial charge is 0.495 e. The molecule has 1 aliphatic rings. The summed E-state index contributed by atoms with van der Waals surface area (Å²) in [6.07, 6.45) is -0.429. The summed E-state index contributed by atoms with van der Waals surface area (Å²) in [5.41, 5.74) is -2.53. The van der Waals surface area contributed by atoms with Gasteiger partial charge < -0.3 is 14.9 Å². The minimum absolute atomic E-state index is 0.0677. The lowest BCUT2D eigenvalue weighted by atomic mass is 9.90. The van der Waals surface area contributed by atoms with Crippen LogP contribution in [0, 0.1) is 0 Å². The Morgan fingerprint density at radius 3 is 2.63 bits per heavy atom. The number of carboxylic acid groups (broad SMARTS) is 1. The van der Waals surface area contributed by atoms with Gasteiger partial charge in [-0.3, -0.25) is 0 Å². The molecule has 0 aromatic heterocycles. The quantitative estimate of drug-likeness (QED) is 0.838. The second kappa shape index (κ2) is 4.36. The lowest BCUT2D eigenvalue weighted by Crippen LogP contribution is -2.42. The van der Waals surface area contributed by atoms with Crippen molar-refractivity contribution in [3.63, 3.8) is 0 Å². The van der Waals surface area contributed by atoms with Crippen molar-refractivity contribution in [1.29, 1.82) is 0 Å². The molecule has 1 aromatic rings. The molecule has 0 amide bonds. The Kier molecular flexibility index (Phi) is 3.24. The number of carboxylic acids is 1. The smallest absolute Gasteiger partial charge is 0.340 e. The molecule has 1 aromatic carbocycles. The highest BCUT2D eigenvalue weighted by atomic mass is 35.5. The Morgan fingerprint density at radius 1 is 1.47 bits per heavy atom. The van der Waals surface area contributed by atoms with E-state index in [4.69, 9.17) is 21.4 Å².